The van der Waals surface area contributed by atoms with E-state index in [0.29, 0.717) is 18.6 Å². The number of hydrogen-bond donors (Lipinski definition) is 3. The Bertz CT molecular complexity index is 395. The number of likely N-dealkylation sites (N-methyl/N-ethyl adjacent to an activating group) is 1. The fourth-order valence-corrected chi connectivity index (χ4v) is 2.22. The van der Waals surface area contributed by atoms with E-state index >= 15 is 0 Å². The second-order valence-corrected chi connectivity index (χ2v) is 5.07. The van der Waals surface area contributed by atoms with E-state index in [4.69, 9.17) is 14.6 Å². The Labute approximate surface area is 119 Å². The highest BCUT2D eigenvalue weighted by Crippen LogP contribution is 2.23. The molecule has 5 heteroatoms. The summed E-state index contributed by atoms with van der Waals surface area (Å²) in [5.74, 6) is 0.667. The van der Waals surface area contributed by atoms with Crippen molar-refractivity contribution in [1.82, 2.24) is 5.32 Å². The lowest BCUT2D eigenvalue weighted by molar-refractivity contribution is -0.208. The normalized spacial score (nSPS) is 26.4. The first-order valence-electron chi connectivity index (χ1n) is 7.07. The zero-order valence-corrected chi connectivity index (χ0v) is 11.8. The predicted octanol–water partition coefficient (Wildman–Crippen LogP) is 0.686. The van der Waals surface area contributed by atoms with Gasteiger partial charge in [-0.3, -0.25) is 0 Å². The molecule has 0 aromatic heterocycles. The van der Waals surface area contributed by atoms with Gasteiger partial charge in [0.2, 0.25) is 6.29 Å². The summed E-state index contributed by atoms with van der Waals surface area (Å²) in [6.07, 6.45) is 0.590. The number of ether oxygens (including phenoxy) is 2. The molecule has 5 nitrogen and oxygen atoms in total. The molecule has 1 saturated heterocycles. The average molecular weight is 281 g/mol. The first-order valence-corrected chi connectivity index (χ1v) is 7.07. The van der Waals surface area contributed by atoms with Crippen LogP contribution >= 0.6 is 0 Å². The van der Waals surface area contributed by atoms with Crippen LogP contribution in [-0.2, 0) is 11.2 Å². The summed E-state index contributed by atoms with van der Waals surface area (Å²) in [4.78, 5) is 0. The second kappa shape index (κ2) is 7.59. The van der Waals surface area contributed by atoms with Crippen molar-refractivity contribution in [1.29, 1.82) is 0 Å². The molecule has 1 aliphatic heterocycles. The molecule has 3 N–H and O–H groups in total. The Morgan fingerprint density at radius 2 is 2.05 bits per heavy atom. The van der Waals surface area contributed by atoms with Gasteiger partial charge < -0.3 is 25.0 Å². The lowest BCUT2D eigenvalue weighted by atomic mass is 10.1. The average Bonchev–Trinajstić information content (AvgIpc) is 2.49. The molecule has 112 valence electrons. The molecular formula is C15H23NO4. The van der Waals surface area contributed by atoms with Crippen LogP contribution in [0.3, 0.4) is 0 Å². The Hall–Kier alpha value is -1.14. The van der Waals surface area contributed by atoms with Gasteiger partial charge in [0.25, 0.3) is 0 Å². The van der Waals surface area contributed by atoms with Gasteiger partial charge in [-0.1, -0.05) is 12.1 Å². The maximum Gasteiger partial charge on any atom is 0.226 e. The topological polar surface area (TPSA) is 71.0 Å². The number of aliphatic hydroxyl groups excluding tert-OH is 2. The van der Waals surface area contributed by atoms with E-state index in [2.05, 4.69) is 5.32 Å². The third-order valence-electron chi connectivity index (χ3n) is 3.47. The fraction of sp³-hybridized carbons (Fsp3) is 0.600. The minimum atomic E-state index is -0.705. The number of nitrogens with one attached hydrogen (secondary N) is 1. The van der Waals surface area contributed by atoms with Crippen LogP contribution in [0, 0.1) is 0 Å². The minimum Gasteiger partial charge on any atom is -0.462 e. The van der Waals surface area contributed by atoms with Gasteiger partial charge in [-0.15, -0.1) is 0 Å². The van der Waals surface area contributed by atoms with Gasteiger partial charge in [0, 0.05) is 0 Å². The smallest absolute Gasteiger partial charge is 0.226 e. The van der Waals surface area contributed by atoms with E-state index in [1.165, 1.54) is 5.56 Å². The molecule has 0 spiro atoms. The zero-order valence-electron chi connectivity index (χ0n) is 11.8. The van der Waals surface area contributed by atoms with Crippen LogP contribution in [0.25, 0.3) is 0 Å². The van der Waals surface area contributed by atoms with Crippen LogP contribution in [-0.4, -0.2) is 48.9 Å². The van der Waals surface area contributed by atoms with Crippen molar-refractivity contribution in [3.8, 4) is 5.75 Å². The molecule has 2 rings (SSSR count). The standard InChI is InChI=1S/C15H23NO4/c1-16-9-8-11-2-4-12(5-3-11)19-15-14(18)7-6-13(10-17)20-15/h2-5,13-18H,6-10H2,1H3/t13?,14-,15?/m1/s1. The van der Waals surface area contributed by atoms with Crippen LogP contribution in [0.4, 0.5) is 0 Å². The van der Waals surface area contributed by atoms with Gasteiger partial charge in [-0.25, -0.2) is 0 Å². The lowest BCUT2D eigenvalue weighted by Crippen LogP contribution is -2.43. The monoisotopic (exact) mass is 281 g/mol. The van der Waals surface area contributed by atoms with Crippen LogP contribution in [0.5, 0.6) is 5.75 Å². The summed E-state index contributed by atoms with van der Waals surface area (Å²) in [6, 6.07) is 7.77. The highest BCUT2D eigenvalue weighted by Gasteiger charge is 2.31. The summed E-state index contributed by atoms with van der Waals surface area (Å²) in [6.45, 7) is 0.887. The highest BCUT2D eigenvalue weighted by atomic mass is 16.7. The number of hydrogen-bond acceptors (Lipinski definition) is 5. The number of benzene rings is 1. The molecule has 1 aromatic carbocycles. The first kappa shape index (κ1) is 15.3. The second-order valence-electron chi connectivity index (χ2n) is 5.07. The Balaban J connectivity index is 1.91. The van der Waals surface area contributed by atoms with Crippen LogP contribution in [0.1, 0.15) is 18.4 Å². The van der Waals surface area contributed by atoms with E-state index in [1.807, 2.05) is 31.3 Å². The molecular weight excluding hydrogens is 258 g/mol. The van der Waals surface area contributed by atoms with E-state index in [1.54, 1.807) is 0 Å². The van der Waals surface area contributed by atoms with Gasteiger partial charge in [-0.05, 0) is 50.6 Å². The van der Waals surface area contributed by atoms with Crippen molar-refractivity contribution in [2.45, 2.75) is 37.8 Å². The largest absolute Gasteiger partial charge is 0.462 e. The summed E-state index contributed by atoms with van der Waals surface area (Å²) in [5, 5.41) is 22.1. The molecule has 0 amide bonds. The summed E-state index contributed by atoms with van der Waals surface area (Å²) < 4.78 is 11.2. The zero-order chi connectivity index (χ0) is 14.4. The van der Waals surface area contributed by atoms with E-state index in [-0.39, 0.29) is 12.7 Å². The van der Waals surface area contributed by atoms with Crippen LogP contribution in [0.15, 0.2) is 24.3 Å². The molecule has 1 fully saturated rings. The molecule has 0 radical (unpaired) electrons. The van der Waals surface area contributed by atoms with Crippen molar-refractivity contribution in [2.75, 3.05) is 20.2 Å². The Morgan fingerprint density at radius 1 is 1.30 bits per heavy atom. The van der Waals surface area contributed by atoms with E-state index in [9.17, 15) is 5.11 Å². The predicted molar refractivity (Wildman–Crippen MR) is 75.7 cm³/mol. The molecule has 0 saturated carbocycles. The minimum absolute atomic E-state index is 0.0461. The van der Waals surface area contributed by atoms with Gasteiger partial charge in [0.1, 0.15) is 11.9 Å². The molecule has 3 atom stereocenters. The molecule has 1 heterocycles. The summed E-state index contributed by atoms with van der Waals surface area (Å²) in [5.41, 5.74) is 1.23. The number of aliphatic hydroxyl groups is 2. The molecule has 20 heavy (non-hydrogen) atoms. The van der Waals surface area contributed by atoms with Crippen molar-refractivity contribution in [3.05, 3.63) is 29.8 Å². The van der Waals surface area contributed by atoms with Gasteiger partial charge in [0.05, 0.1) is 12.7 Å². The SMILES string of the molecule is CNCCc1ccc(OC2OC(CO)CC[C@H]2O)cc1. The quantitative estimate of drug-likeness (QED) is 0.715. The Morgan fingerprint density at radius 3 is 2.70 bits per heavy atom. The van der Waals surface area contributed by atoms with Crippen LogP contribution < -0.4 is 10.1 Å². The molecule has 1 aliphatic rings. The van der Waals surface area contributed by atoms with Crippen LogP contribution in [0.2, 0.25) is 0 Å². The van der Waals surface area contributed by atoms with Gasteiger partial charge >= 0.3 is 0 Å². The van der Waals surface area contributed by atoms with Gasteiger partial charge in [0.15, 0.2) is 0 Å². The highest BCUT2D eigenvalue weighted by molar-refractivity contribution is 5.27. The lowest BCUT2D eigenvalue weighted by Gasteiger charge is -2.33. The van der Waals surface area contributed by atoms with Gasteiger partial charge in [-0.2, -0.15) is 0 Å². The van der Waals surface area contributed by atoms with E-state index < -0.39 is 12.4 Å². The van der Waals surface area contributed by atoms with Crippen molar-refractivity contribution >= 4 is 0 Å². The maximum atomic E-state index is 9.87. The van der Waals surface area contributed by atoms with Crippen molar-refractivity contribution in [2.24, 2.45) is 0 Å². The van der Waals surface area contributed by atoms with Crippen molar-refractivity contribution < 1.29 is 19.7 Å². The molecule has 2 unspecified atom stereocenters. The molecule has 1 aromatic rings. The Kier molecular flexibility index (Phi) is 5.79. The molecule has 0 aliphatic carbocycles. The third-order valence-corrected chi connectivity index (χ3v) is 3.47. The van der Waals surface area contributed by atoms with Crippen molar-refractivity contribution in [3.63, 3.8) is 0 Å². The molecule has 0 bridgehead atoms. The summed E-state index contributed by atoms with van der Waals surface area (Å²) in [7, 11) is 1.93. The third kappa shape index (κ3) is 4.18. The number of rotatable bonds is 6. The fourth-order valence-electron chi connectivity index (χ4n) is 2.22. The first-order chi connectivity index (χ1) is 9.72. The maximum absolute atomic E-state index is 9.87. The van der Waals surface area contributed by atoms with E-state index in [0.717, 1.165) is 13.0 Å². The summed E-state index contributed by atoms with van der Waals surface area (Å²) >= 11 is 0.